The van der Waals surface area contributed by atoms with Gasteiger partial charge in [0.15, 0.2) is 6.61 Å². The number of hydrogen-bond acceptors (Lipinski definition) is 6. The number of halogens is 1. The van der Waals surface area contributed by atoms with Gasteiger partial charge in [-0.2, -0.15) is 0 Å². The van der Waals surface area contributed by atoms with Crippen LogP contribution in [-0.4, -0.2) is 38.8 Å². The number of piperidine rings is 1. The highest BCUT2D eigenvalue weighted by molar-refractivity contribution is 9.10. The fraction of sp³-hybridized carbons (Fsp3) is 0.500. The molecule has 1 amide bonds. The van der Waals surface area contributed by atoms with Crippen LogP contribution in [0.25, 0.3) is 0 Å². The first kappa shape index (κ1) is 19.2. The van der Waals surface area contributed by atoms with Crippen LogP contribution in [-0.2, 0) is 11.4 Å². The lowest BCUT2D eigenvalue weighted by atomic mass is 9.98. The summed E-state index contributed by atoms with van der Waals surface area (Å²) in [5.74, 6) is 1.55. The molecule has 6 nitrogen and oxygen atoms in total. The normalized spacial score (nSPS) is 20.2. The summed E-state index contributed by atoms with van der Waals surface area (Å²) in [6.07, 6.45) is 3.32. The van der Waals surface area contributed by atoms with E-state index in [2.05, 4.69) is 40.0 Å². The summed E-state index contributed by atoms with van der Waals surface area (Å²) in [6.45, 7) is 4.42. The Labute approximate surface area is 165 Å². The lowest BCUT2D eigenvalue weighted by Gasteiger charge is -2.39. The predicted octanol–water partition coefficient (Wildman–Crippen LogP) is 4.29. The van der Waals surface area contributed by atoms with Crippen LogP contribution < -0.4 is 4.74 Å². The van der Waals surface area contributed by atoms with Crippen LogP contribution in [0.1, 0.15) is 39.0 Å². The van der Waals surface area contributed by atoms with Crippen LogP contribution in [0.15, 0.2) is 38.4 Å². The van der Waals surface area contributed by atoms with Gasteiger partial charge in [-0.05, 0) is 57.4 Å². The summed E-state index contributed by atoms with van der Waals surface area (Å²) in [5.41, 5.74) is 0. The molecule has 1 aromatic heterocycles. The Bertz CT molecular complexity index is 728. The molecule has 0 radical (unpaired) electrons. The molecule has 3 rings (SSSR count). The zero-order valence-corrected chi connectivity index (χ0v) is 17.3. The Morgan fingerprint density at radius 1 is 1.27 bits per heavy atom. The molecule has 1 aliphatic heterocycles. The van der Waals surface area contributed by atoms with Gasteiger partial charge in [0.25, 0.3) is 11.1 Å². The van der Waals surface area contributed by atoms with Gasteiger partial charge in [-0.3, -0.25) is 4.79 Å². The van der Waals surface area contributed by atoms with E-state index in [0.717, 1.165) is 23.1 Å². The molecule has 2 atom stereocenters. The fourth-order valence-corrected chi connectivity index (χ4v) is 4.06. The van der Waals surface area contributed by atoms with E-state index < -0.39 is 0 Å². The lowest BCUT2D eigenvalue weighted by molar-refractivity contribution is -0.134. The van der Waals surface area contributed by atoms with E-state index in [4.69, 9.17) is 9.15 Å². The summed E-state index contributed by atoms with van der Waals surface area (Å²) in [5, 5.41) is 8.35. The molecule has 8 heteroatoms. The van der Waals surface area contributed by atoms with E-state index in [9.17, 15) is 4.79 Å². The van der Waals surface area contributed by atoms with Gasteiger partial charge in [0, 0.05) is 16.6 Å². The second-order valence-electron chi connectivity index (χ2n) is 6.42. The zero-order valence-electron chi connectivity index (χ0n) is 14.9. The third-order valence-corrected chi connectivity index (χ3v) is 5.76. The van der Waals surface area contributed by atoms with Crippen molar-refractivity contribution >= 4 is 33.6 Å². The molecule has 1 saturated heterocycles. The van der Waals surface area contributed by atoms with Gasteiger partial charge in [0.2, 0.25) is 5.91 Å². The minimum absolute atomic E-state index is 0.126. The van der Waals surface area contributed by atoms with Gasteiger partial charge in [-0.15, -0.1) is 10.2 Å². The smallest absolute Gasteiger partial charge is 0.277 e. The number of thioether (sulfide) groups is 1. The quantitative estimate of drug-likeness (QED) is 0.625. The molecule has 140 valence electrons. The minimum atomic E-state index is 0.126. The highest BCUT2D eigenvalue weighted by Crippen LogP contribution is 2.25. The molecule has 0 bridgehead atoms. The Kier molecular flexibility index (Phi) is 6.58. The second-order valence-corrected chi connectivity index (χ2v) is 8.27. The number of aromatic nitrogens is 2. The zero-order chi connectivity index (χ0) is 18.5. The van der Waals surface area contributed by atoms with Crippen molar-refractivity contribution < 1.29 is 13.9 Å². The van der Waals surface area contributed by atoms with Gasteiger partial charge in [-0.1, -0.05) is 27.7 Å². The molecule has 1 aromatic carbocycles. The van der Waals surface area contributed by atoms with Gasteiger partial charge in [-0.25, -0.2) is 0 Å². The molecular formula is C18H22BrN3O3S. The van der Waals surface area contributed by atoms with Crippen LogP contribution in [0.4, 0.5) is 0 Å². The summed E-state index contributed by atoms with van der Waals surface area (Å²) in [7, 11) is 0. The van der Waals surface area contributed by atoms with Crippen LogP contribution >= 0.6 is 27.7 Å². The highest BCUT2D eigenvalue weighted by atomic mass is 79.9. The Hall–Kier alpha value is -1.54. The first-order chi connectivity index (χ1) is 12.5. The molecule has 0 aliphatic carbocycles. The van der Waals surface area contributed by atoms with E-state index in [1.54, 1.807) is 0 Å². The number of nitrogens with zero attached hydrogens (tertiary/aromatic N) is 3. The number of amides is 1. The van der Waals surface area contributed by atoms with Crippen LogP contribution in [0.3, 0.4) is 0 Å². The number of likely N-dealkylation sites (tertiary alicyclic amines) is 1. The molecule has 0 N–H and O–H groups in total. The first-order valence-corrected chi connectivity index (χ1v) is 10.5. The maximum Gasteiger partial charge on any atom is 0.277 e. The molecule has 1 aliphatic rings. The predicted molar refractivity (Wildman–Crippen MR) is 103 cm³/mol. The van der Waals surface area contributed by atoms with E-state index >= 15 is 0 Å². The lowest BCUT2D eigenvalue weighted by Crippen LogP contribution is -2.48. The fourth-order valence-electron chi connectivity index (χ4n) is 3.14. The van der Waals surface area contributed by atoms with Crippen LogP contribution in [0, 0.1) is 0 Å². The minimum Gasteiger partial charge on any atom is -0.484 e. The third-order valence-electron chi connectivity index (χ3n) is 4.42. The van der Waals surface area contributed by atoms with Crippen molar-refractivity contribution in [2.24, 2.45) is 0 Å². The molecule has 2 unspecified atom stereocenters. The molecule has 1 fully saturated rings. The molecule has 0 saturated carbocycles. The van der Waals surface area contributed by atoms with Crippen molar-refractivity contribution in [1.82, 2.24) is 15.1 Å². The van der Waals surface area contributed by atoms with Gasteiger partial charge in [0.1, 0.15) is 5.75 Å². The standard InChI is InChI=1S/C18H22BrN3O3S/c1-12-4-3-5-13(2)22(12)17(23)11-26-18-21-20-16(25-18)10-24-15-8-6-14(19)7-9-15/h6-9,12-13H,3-5,10-11H2,1-2H3. The number of ether oxygens (including phenoxy) is 1. The molecule has 26 heavy (non-hydrogen) atoms. The summed E-state index contributed by atoms with van der Waals surface area (Å²) in [6, 6.07) is 8.11. The third kappa shape index (κ3) is 5.01. The van der Waals surface area contributed by atoms with Gasteiger partial charge >= 0.3 is 0 Å². The van der Waals surface area contributed by atoms with Crippen molar-refractivity contribution in [2.45, 2.75) is 57.0 Å². The largest absolute Gasteiger partial charge is 0.484 e. The Morgan fingerprint density at radius 2 is 1.96 bits per heavy atom. The number of benzene rings is 1. The van der Waals surface area contributed by atoms with E-state index in [1.807, 2.05) is 29.2 Å². The number of carbonyl (C=O) groups excluding carboxylic acids is 1. The van der Waals surface area contributed by atoms with Gasteiger partial charge in [0.05, 0.1) is 5.75 Å². The summed E-state index contributed by atoms with van der Waals surface area (Å²) in [4.78, 5) is 14.5. The molecular weight excluding hydrogens is 418 g/mol. The first-order valence-electron chi connectivity index (χ1n) is 8.67. The van der Waals surface area contributed by atoms with Crippen molar-refractivity contribution in [2.75, 3.05) is 5.75 Å². The maximum absolute atomic E-state index is 12.5. The van der Waals surface area contributed by atoms with E-state index in [-0.39, 0.29) is 12.5 Å². The molecule has 2 aromatic rings. The number of hydrogen-bond donors (Lipinski definition) is 0. The molecule has 0 spiro atoms. The molecule has 2 heterocycles. The second kappa shape index (κ2) is 8.90. The number of rotatable bonds is 6. The number of carbonyl (C=O) groups is 1. The highest BCUT2D eigenvalue weighted by Gasteiger charge is 2.29. The average molecular weight is 440 g/mol. The van der Waals surface area contributed by atoms with Gasteiger partial charge < -0.3 is 14.1 Å². The van der Waals surface area contributed by atoms with Crippen molar-refractivity contribution in [3.05, 3.63) is 34.6 Å². The van der Waals surface area contributed by atoms with Crippen LogP contribution in [0.2, 0.25) is 0 Å². The van der Waals surface area contributed by atoms with Crippen molar-refractivity contribution in [3.63, 3.8) is 0 Å². The van der Waals surface area contributed by atoms with Crippen molar-refractivity contribution in [3.8, 4) is 5.75 Å². The van der Waals surface area contributed by atoms with E-state index in [1.165, 1.54) is 18.2 Å². The Morgan fingerprint density at radius 3 is 2.65 bits per heavy atom. The van der Waals surface area contributed by atoms with E-state index in [0.29, 0.717) is 29.0 Å². The Balaban J connectivity index is 1.48. The summed E-state index contributed by atoms with van der Waals surface area (Å²) >= 11 is 4.66. The van der Waals surface area contributed by atoms with Crippen LogP contribution in [0.5, 0.6) is 5.75 Å². The SMILES string of the molecule is CC1CCCC(C)N1C(=O)CSc1nnc(COc2ccc(Br)cc2)o1. The van der Waals surface area contributed by atoms with Crippen molar-refractivity contribution in [1.29, 1.82) is 0 Å². The maximum atomic E-state index is 12.5. The summed E-state index contributed by atoms with van der Waals surface area (Å²) < 4.78 is 12.2. The monoisotopic (exact) mass is 439 g/mol. The topological polar surface area (TPSA) is 68.5 Å². The average Bonchev–Trinajstić information content (AvgIpc) is 3.07.